The number of H-pyrrole nitrogens is 1. The van der Waals surface area contributed by atoms with Gasteiger partial charge in [0.05, 0.1) is 29.8 Å². The summed E-state index contributed by atoms with van der Waals surface area (Å²) < 4.78 is 10.4. The Kier molecular flexibility index (Phi) is 4.53. The molecule has 2 aromatic carbocycles. The molecular formula is C22H18N4O3. The fourth-order valence-electron chi connectivity index (χ4n) is 3.45. The topological polar surface area (TPSA) is 114 Å². The average Bonchev–Trinajstić information content (AvgIpc) is 3.16. The number of allylic oxidation sites excluding steroid dienone is 1. The van der Waals surface area contributed by atoms with Crippen molar-refractivity contribution in [1.29, 1.82) is 5.26 Å². The predicted octanol–water partition coefficient (Wildman–Crippen LogP) is 3.39. The first-order valence-electron chi connectivity index (χ1n) is 8.94. The monoisotopic (exact) mass is 386 g/mol. The Morgan fingerprint density at radius 3 is 2.52 bits per heavy atom. The van der Waals surface area contributed by atoms with Gasteiger partial charge in [0.2, 0.25) is 11.8 Å². The molecular weight excluding hydrogens is 368 g/mol. The number of hydrogen-bond donors (Lipinski definition) is 2. The van der Waals surface area contributed by atoms with Crippen molar-refractivity contribution < 1.29 is 14.3 Å². The number of nitrogens with one attached hydrogen (secondary N) is 1. The first-order chi connectivity index (χ1) is 14.0. The van der Waals surface area contributed by atoms with E-state index in [1.165, 1.54) is 7.11 Å². The van der Waals surface area contributed by atoms with E-state index in [1.54, 1.807) is 24.3 Å². The highest BCUT2D eigenvalue weighted by Crippen LogP contribution is 2.45. The number of carbonyl (C=O) groups excluding carboxylic acids is 1. The molecule has 144 valence electrons. The van der Waals surface area contributed by atoms with Crippen molar-refractivity contribution in [3.8, 4) is 23.2 Å². The summed E-state index contributed by atoms with van der Waals surface area (Å²) in [6.07, 6.45) is 0. The molecule has 0 saturated carbocycles. The number of carbonyl (C=O) groups is 1. The highest BCUT2D eigenvalue weighted by molar-refractivity contribution is 5.89. The molecule has 29 heavy (non-hydrogen) atoms. The number of fused-ring (bicyclic) bond motifs is 1. The fraction of sp³-hybridized carbons (Fsp3) is 0.136. The van der Waals surface area contributed by atoms with Crippen molar-refractivity contribution in [2.75, 3.05) is 7.11 Å². The molecule has 2 heterocycles. The molecule has 0 radical (unpaired) electrons. The summed E-state index contributed by atoms with van der Waals surface area (Å²) in [5.41, 5.74) is 11.0. The van der Waals surface area contributed by atoms with Crippen LogP contribution in [0.2, 0.25) is 0 Å². The van der Waals surface area contributed by atoms with Gasteiger partial charge in [-0.25, -0.2) is 4.79 Å². The van der Waals surface area contributed by atoms with Gasteiger partial charge in [-0.15, -0.1) is 5.10 Å². The van der Waals surface area contributed by atoms with Gasteiger partial charge < -0.3 is 15.2 Å². The molecule has 7 nitrogen and oxygen atoms in total. The summed E-state index contributed by atoms with van der Waals surface area (Å²) in [6, 6.07) is 17.0. The quantitative estimate of drug-likeness (QED) is 0.667. The minimum absolute atomic E-state index is 0.0176. The average molecular weight is 386 g/mol. The number of benzene rings is 2. The first kappa shape index (κ1) is 18.3. The molecule has 1 aliphatic heterocycles. The molecule has 0 saturated heterocycles. The van der Waals surface area contributed by atoms with Gasteiger partial charge in [0, 0.05) is 5.56 Å². The summed E-state index contributed by atoms with van der Waals surface area (Å²) in [4.78, 5) is 11.8. The van der Waals surface area contributed by atoms with E-state index < -0.39 is 11.9 Å². The smallest absolute Gasteiger partial charge is 0.337 e. The Morgan fingerprint density at radius 2 is 1.90 bits per heavy atom. The van der Waals surface area contributed by atoms with Gasteiger partial charge in [0.15, 0.2) is 0 Å². The number of nitrogens with two attached hydrogens (primary N) is 1. The van der Waals surface area contributed by atoms with E-state index in [-0.39, 0.29) is 11.5 Å². The standard InChI is InChI=1S/C22H18N4O3/c1-12-3-5-14(6-4-12)19-18-17(13-7-9-15(10-8-13)22(27)28-2)16(11-23)20(24)29-21(18)26-25-19/h3-10,17H,24H2,1-2H3,(H,25,26). The van der Waals surface area contributed by atoms with Crippen LogP contribution >= 0.6 is 0 Å². The lowest BCUT2D eigenvalue weighted by Gasteiger charge is -2.24. The van der Waals surface area contributed by atoms with Crippen molar-refractivity contribution in [2.24, 2.45) is 5.73 Å². The lowest BCUT2D eigenvalue weighted by atomic mass is 9.82. The number of hydrogen-bond acceptors (Lipinski definition) is 6. The molecule has 7 heteroatoms. The van der Waals surface area contributed by atoms with Gasteiger partial charge in [0.1, 0.15) is 11.6 Å². The molecule has 1 unspecified atom stereocenters. The molecule has 0 spiro atoms. The van der Waals surface area contributed by atoms with Gasteiger partial charge in [-0.2, -0.15) is 5.26 Å². The Balaban J connectivity index is 1.87. The Labute approximate surface area is 167 Å². The molecule has 1 atom stereocenters. The van der Waals surface area contributed by atoms with Crippen LogP contribution in [0.25, 0.3) is 11.3 Å². The zero-order chi connectivity index (χ0) is 20.5. The third-order valence-electron chi connectivity index (χ3n) is 4.94. The molecule has 0 aliphatic carbocycles. The zero-order valence-electron chi connectivity index (χ0n) is 15.9. The summed E-state index contributed by atoms with van der Waals surface area (Å²) in [5.74, 6) is -0.558. The van der Waals surface area contributed by atoms with Crippen LogP contribution in [0.15, 0.2) is 60.0 Å². The maximum Gasteiger partial charge on any atom is 0.337 e. The van der Waals surface area contributed by atoms with Gasteiger partial charge in [-0.05, 0) is 24.6 Å². The highest BCUT2D eigenvalue weighted by atomic mass is 16.5. The number of esters is 1. The van der Waals surface area contributed by atoms with Crippen molar-refractivity contribution in [3.63, 3.8) is 0 Å². The lowest BCUT2D eigenvalue weighted by Crippen LogP contribution is -2.21. The lowest BCUT2D eigenvalue weighted by molar-refractivity contribution is 0.0600. The molecule has 4 rings (SSSR count). The third kappa shape index (κ3) is 3.11. The van der Waals surface area contributed by atoms with Crippen molar-refractivity contribution >= 4 is 5.97 Å². The predicted molar refractivity (Wildman–Crippen MR) is 106 cm³/mol. The maximum absolute atomic E-state index is 11.8. The number of nitrogens with zero attached hydrogens (tertiary/aromatic N) is 2. The summed E-state index contributed by atoms with van der Waals surface area (Å²) in [5, 5.41) is 17.0. The molecule has 1 aromatic heterocycles. The molecule has 0 bridgehead atoms. The van der Waals surface area contributed by atoms with E-state index in [0.29, 0.717) is 11.4 Å². The van der Waals surface area contributed by atoms with Crippen LogP contribution in [0, 0.1) is 18.3 Å². The van der Waals surface area contributed by atoms with Gasteiger partial charge in [-0.1, -0.05) is 42.0 Å². The van der Waals surface area contributed by atoms with Crippen molar-refractivity contribution in [1.82, 2.24) is 10.2 Å². The maximum atomic E-state index is 11.8. The number of ether oxygens (including phenoxy) is 2. The fourth-order valence-corrected chi connectivity index (χ4v) is 3.45. The molecule has 3 N–H and O–H groups in total. The van der Waals surface area contributed by atoms with Crippen LogP contribution in [0.3, 0.4) is 0 Å². The molecule has 0 fully saturated rings. The number of methoxy groups -OCH3 is 1. The number of aromatic nitrogens is 2. The van der Waals surface area contributed by atoms with E-state index in [9.17, 15) is 10.1 Å². The molecule has 3 aromatic rings. The Morgan fingerprint density at radius 1 is 1.21 bits per heavy atom. The van der Waals surface area contributed by atoms with E-state index in [2.05, 4.69) is 16.3 Å². The van der Waals surface area contributed by atoms with Crippen LogP contribution in [0.5, 0.6) is 5.88 Å². The second-order valence-electron chi connectivity index (χ2n) is 6.72. The van der Waals surface area contributed by atoms with Crippen molar-refractivity contribution in [2.45, 2.75) is 12.8 Å². The van der Waals surface area contributed by atoms with Crippen molar-refractivity contribution in [3.05, 3.63) is 82.2 Å². The summed E-state index contributed by atoms with van der Waals surface area (Å²) >= 11 is 0. The van der Waals surface area contributed by atoms with Crippen LogP contribution < -0.4 is 10.5 Å². The van der Waals surface area contributed by atoms with Gasteiger partial charge >= 0.3 is 5.97 Å². The van der Waals surface area contributed by atoms with Gasteiger partial charge in [-0.3, -0.25) is 5.10 Å². The number of rotatable bonds is 3. The molecule has 1 aliphatic rings. The van der Waals surface area contributed by atoms with E-state index in [4.69, 9.17) is 15.2 Å². The normalized spacial score (nSPS) is 15.3. The third-order valence-corrected chi connectivity index (χ3v) is 4.94. The Hall–Kier alpha value is -4.05. The largest absolute Gasteiger partial charge is 0.465 e. The number of aromatic amines is 1. The van der Waals surface area contributed by atoms with Crippen LogP contribution in [-0.4, -0.2) is 23.3 Å². The zero-order valence-corrected chi connectivity index (χ0v) is 15.9. The number of nitriles is 1. The summed E-state index contributed by atoms with van der Waals surface area (Å²) in [6.45, 7) is 2.01. The molecule has 0 amide bonds. The minimum Gasteiger partial charge on any atom is -0.465 e. The van der Waals surface area contributed by atoms with Crippen LogP contribution in [-0.2, 0) is 4.74 Å². The Bertz CT molecular complexity index is 1150. The van der Waals surface area contributed by atoms with E-state index >= 15 is 0 Å². The highest BCUT2D eigenvalue weighted by Gasteiger charge is 2.35. The minimum atomic E-state index is -0.481. The van der Waals surface area contributed by atoms with E-state index in [0.717, 1.165) is 27.9 Å². The second-order valence-corrected chi connectivity index (χ2v) is 6.72. The van der Waals surface area contributed by atoms with Crippen LogP contribution in [0.1, 0.15) is 33.0 Å². The SMILES string of the molecule is COC(=O)c1ccc(C2C(C#N)=C(N)Oc3n[nH]c(-c4ccc(C)cc4)c32)cc1. The van der Waals surface area contributed by atoms with E-state index in [1.807, 2.05) is 31.2 Å². The number of aryl methyl sites for hydroxylation is 1. The van der Waals surface area contributed by atoms with Crippen LogP contribution in [0.4, 0.5) is 0 Å². The first-order valence-corrected chi connectivity index (χ1v) is 8.94. The second kappa shape index (κ2) is 7.17. The van der Waals surface area contributed by atoms with Gasteiger partial charge in [0.25, 0.3) is 0 Å². The summed E-state index contributed by atoms with van der Waals surface area (Å²) in [7, 11) is 1.33.